The molecule has 0 unspecified atom stereocenters. The summed E-state index contributed by atoms with van der Waals surface area (Å²) < 4.78 is 28.0. The maximum atomic E-state index is 12.6. The maximum Gasteiger partial charge on any atom is 0.336 e. The minimum Gasteiger partial charge on any atom is -0.306 e. The Hall–Kier alpha value is -2.35. The lowest BCUT2D eigenvalue weighted by Gasteiger charge is -2.28. The molecule has 1 N–H and O–H groups in total. The number of benzene rings is 1. The van der Waals surface area contributed by atoms with Crippen LogP contribution in [0.15, 0.2) is 35.2 Å². The van der Waals surface area contributed by atoms with Crippen molar-refractivity contribution >= 4 is 21.7 Å². The Bertz CT molecular complexity index is 850. The first kappa shape index (κ1) is 13.3. The average molecular weight is 318 g/mol. The van der Waals surface area contributed by atoms with Crippen LogP contribution in [0.3, 0.4) is 0 Å². The van der Waals surface area contributed by atoms with Crippen LogP contribution in [-0.2, 0) is 29.5 Å². The van der Waals surface area contributed by atoms with Crippen molar-refractivity contribution < 1.29 is 13.2 Å². The number of carbonyl (C=O) groups is 1. The number of aromatic nitrogens is 2. The summed E-state index contributed by atoms with van der Waals surface area (Å²) in [5, 5.41) is 6.98. The van der Waals surface area contributed by atoms with Crippen molar-refractivity contribution in [3.63, 3.8) is 0 Å². The minimum absolute atomic E-state index is 0.0531. The van der Waals surface area contributed by atoms with Crippen molar-refractivity contribution in [2.75, 3.05) is 5.32 Å². The van der Waals surface area contributed by atoms with E-state index in [4.69, 9.17) is 0 Å². The number of hydrogen-bond acceptors (Lipinski definition) is 4. The summed E-state index contributed by atoms with van der Waals surface area (Å²) in [4.78, 5) is 12.3. The number of rotatable bonds is 2. The third-order valence-corrected chi connectivity index (χ3v) is 5.73. The molecule has 1 aromatic heterocycles. The predicted octanol–water partition coefficient (Wildman–Crippen LogP) is 1.57. The Morgan fingerprint density at radius 2 is 2.09 bits per heavy atom. The first-order valence-electron chi connectivity index (χ1n) is 7.04. The second-order valence-electron chi connectivity index (χ2n) is 5.39. The normalized spacial score (nSPS) is 18.7. The molecule has 0 spiro atoms. The van der Waals surface area contributed by atoms with Gasteiger partial charge in [-0.3, -0.25) is 4.68 Å². The molecule has 0 saturated carbocycles. The lowest BCUT2D eigenvalue weighted by atomic mass is 10.2. The molecule has 0 radical (unpaired) electrons. The highest BCUT2D eigenvalue weighted by atomic mass is 32.2. The molecule has 1 aromatic carbocycles. The van der Waals surface area contributed by atoms with E-state index >= 15 is 0 Å². The summed E-state index contributed by atoms with van der Waals surface area (Å²) in [6, 6.07) is 7.61. The van der Waals surface area contributed by atoms with Gasteiger partial charge in [0.1, 0.15) is 4.90 Å². The molecule has 0 aliphatic carbocycles. The zero-order valence-corrected chi connectivity index (χ0v) is 12.5. The summed E-state index contributed by atoms with van der Waals surface area (Å²) in [6.45, 7) is 0.791. The molecule has 0 atom stereocenters. The van der Waals surface area contributed by atoms with Crippen molar-refractivity contribution in [1.29, 1.82) is 0 Å². The van der Waals surface area contributed by atoms with Crippen molar-refractivity contribution in [1.82, 2.24) is 14.1 Å². The lowest BCUT2D eigenvalue weighted by Crippen LogP contribution is -2.43. The van der Waals surface area contributed by atoms with Crippen molar-refractivity contribution in [2.45, 2.75) is 30.8 Å². The van der Waals surface area contributed by atoms with E-state index in [1.165, 1.54) is 6.07 Å². The lowest BCUT2D eigenvalue weighted by molar-refractivity contribution is 0.233. The molecule has 4 rings (SSSR count). The number of amides is 2. The van der Waals surface area contributed by atoms with Crippen LogP contribution in [0, 0.1) is 0 Å². The van der Waals surface area contributed by atoms with E-state index in [2.05, 4.69) is 10.4 Å². The van der Waals surface area contributed by atoms with Crippen LogP contribution < -0.4 is 5.32 Å². The molecule has 114 valence electrons. The topological polar surface area (TPSA) is 84.3 Å². The smallest absolute Gasteiger partial charge is 0.306 e. The first-order valence-corrected chi connectivity index (χ1v) is 8.48. The molecule has 2 aliphatic heterocycles. The highest BCUT2D eigenvalue weighted by Crippen LogP contribution is 2.30. The number of hydrogen-bond donors (Lipinski definition) is 1. The van der Waals surface area contributed by atoms with Crippen LogP contribution in [0.4, 0.5) is 10.5 Å². The number of urea groups is 1. The molecule has 0 fully saturated rings. The van der Waals surface area contributed by atoms with Crippen molar-refractivity contribution in [3.8, 4) is 0 Å². The number of aryl methyl sites for hydroxylation is 2. The average Bonchev–Trinajstić information content (AvgIpc) is 3.04. The van der Waals surface area contributed by atoms with Gasteiger partial charge in [0.05, 0.1) is 17.9 Å². The Morgan fingerprint density at radius 3 is 2.91 bits per heavy atom. The number of para-hydroxylation sites is 1. The molecule has 2 aromatic rings. The van der Waals surface area contributed by atoms with Gasteiger partial charge in [0.25, 0.3) is 10.0 Å². The molecule has 22 heavy (non-hydrogen) atoms. The molecular weight excluding hydrogens is 304 g/mol. The number of sulfonamides is 1. The first-order chi connectivity index (χ1) is 10.6. The third kappa shape index (κ3) is 1.91. The number of anilines is 1. The third-order valence-electron chi connectivity index (χ3n) is 3.95. The Labute approximate surface area is 127 Å². The van der Waals surface area contributed by atoms with Crippen LogP contribution in [-0.4, -0.2) is 28.5 Å². The second-order valence-corrected chi connectivity index (χ2v) is 7.22. The van der Waals surface area contributed by atoms with Gasteiger partial charge in [-0.05, 0) is 31.0 Å². The summed E-state index contributed by atoms with van der Waals surface area (Å²) in [5.74, 6) is 0. The fraction of sp³-hybridized carbons (Fsp3) is 0.286. The number of carbonyl (C=O) groups excluding carboxylic acids is 1. The molecular formula is C14H14N4O3S. The molecule has 8 heteroatoms. The SMILES string of the molecule is O=C1Nc2ccccc2S(=O)(=O)N1Cc1cc2n(n1)CCC2. The van der Waals surface area contributed by atoms with Crippen molar-refractivity contribution in [3.05, 3.63) is 41.7 Å². The van der Waals surface area contributed by atoms with Gasteiger partial charge in [-0.1, -0.05) is 12.1 Å². The second kappa shape index (κ2) is 4.57. The summed E-state index contributed by atoms with van der Waals surface area (Å²) in [7, 11) is -3.85. The predicted molar refractivity (Wildman–Crippen MR) is 78.7 cm³/mol. The van der Waals surface area contributed by atoms with Gasteiger partial charge in [0.2, 0.25) is 0 Å². The van der Waals surface area contributed by atoms with E-state index in [1.807, 2.05) is 10.7 Å². The van der Waals surface area contributed by atoms with Gasteiger partial charge < -0.3 is 5.32 Å². The summed E-state index contributed by atoms with van der Waals surface area (Å²) in [6.07, 6.45) is 1.99. The van der Waals surface area contributed by atoms with Gasteiger partial charge in [-0.2, -0.15) is 5.10 Å². The Kier molecular flexibility index (Phi) is 2.77. The maximum absolute atomic E-state index is 12.6. The molecule has 2 aliphatic rings. The number of fused-ring (bicyclic) bond motifs is 2. The number of nitrogens with zero attached hydrogens (tertiary/aromatic N) is 3. The van der Waals surface area contributed by atoms with Crippen LogP contribution in [0.2, 0.25) is 0 Å². The molecule has 7 nitrogen and oxygen atoms in total. The van der Waals surface area contributed by atoms with Crippen LogP contribution in [0.1, 0.15) is 17.8 Å². The van der Waals surface area contributed by atoms with E-state index in [-0.39, 0.29) is 11.4 Å². The van der Waals surface area contributed by atoms with Gasteiger partial charge in [0.15, 0.2) is 0 Å². The Balaban J connectivity index is 1.70. The largest absolute Gasteiger partial charge is 0.336 e. The van der Waals surface area contributed by atoms with E-state index in [0.29, 0.717) is 11.4 Å². The molecule has 0 bridgehead atoms. The molecule has 0 saturated heterocycles. The van der Waals surface area contributed by atoms with Crippen LogP contribution >= 0.6 is 0 Å². The fourth-order valence-electron chi connectivity index (χ4n) is 2.90. The van der Waals surface area contributed by atoms with E-state index in [1.54, 1.807) is 18.2 Å². The molecule has 2 amide bonds. The van der Waals surface area contributed by atoms with E-state index in [0.717, 1.165) is 29.4 Å². The van der Waals surface area contributed by atoms with Crippen LogP contribution in [0.25, 0.3) is 0 Å². The Morgan fingerprint density at radius 1 is 1.27 bits per heavy atom. The highest BCUT2D eigenvalue weighted by Gasteiger charge is 2.37. The van der Waals surface area contributed by atoms with Gasteiger partial charge in [-0.15, -0.1) is 0 Å². The van der Waals surface area contributed by atoms with Gasteiger partial charge >= 0.3 is 6.03 Å². The van der Waals surface area contributed by atoms with E-state index < -0.39 is 16.1 Å². The summed E-state index contributed by atoms with van der Waals surface area (Å²) in [5.41, 5.74) is 1.99. The minimum atomic E-state index is -3.85. The summed E-state index contributed by atoms with van der Waals surface area (Å²) >= 11 is 0. The molecule has 3 heterocycles. The van der Waals surface area contributed by atoms with Crippen LogP contribution in [0.5, 0.6) is 0 Å². The number of nitrogens with one attached hydrogen (secondary N) is 1. The van der Waals surface area contributed by atoms with Gasteiger partial charge in [0, 0.05) is 12.2 Å². The highest BCUT2D eigenvalue weighted by molar-refractivity contribution is 7.90. The quantitative estimate of drug-likeness (QED) is 0.911. The monoisotopic (exact) mass is 318 g/mol. The van der Waals surface area contributed by atoms with E-state index in [9.17, 15) is 13.2 Å². The zero-order valence-electron chi connectivity index (χ0n) is 11.7. The standard InChI is InChI=1S/C14H14N4O3S/c19-14-15-12-5-1-2-6-13(12)22(20,21)18(14)9-10-8-11-4-3-7-17(11)16-10/h1-2,5-6,8H,3-4,7,9H2,(H,15,19). The van der Waals surface area contributed by atoms with Gasteiger partial charge in [-0.25, -0.2) is 17.5 Å². The zero-order chi connectivity index (χ0) is 15.3. The fourth-order valence-corrected chi connectivity index (χ4v) is 4.35. The van der Waals surface area contributed by atoms with Crippen molar-refractivity contribution in [2.24, 2.45) is 0 Å².